The number of methoxy groups -OCH3 is 2. The van der Waals surface area contributed by atoms with Gasteiger partial charge < -0.3 is 24.8 Å². The fourth-order valence-corrected chi connectivity index (χ4v) is 4.45. The molecule has 0 saturated carbocycles. The molecule has 0 aliphatic carbocycles. The van der Waals surface area contributed by atoms with Gasteiger partial charge in [-0.15, -0.1) is 0 Å². The van der Waals surface area contributed by atoms with Crippen LogP contribution in [-0.2, 0) is 4.79 Å². The van der Waals surface area contributed by atoms with Crippen molar-refractivity contribution in [1.82, 2.24) is 14.8 Å². The molecule has 2 aromatic carbocycles. The number of nitrogens with zero attached hydrogens (tertiary/aromatic N) is 3. The summed E-state index contributed by atoms with van der Waals surface area (Å²) in [5.74, 6) is 1.94. The van der Waals surface area contributed by atoms with E-state index in [-0.39, 0.29) is 5.91 Å². The van der Waals surface area contributed by atoms with E-state index in [1.165, 1.54) is 6.33 Å². The molecule has 2 heterocycles. The Balaban J connectivity index is 1.80. The Kier molecular flexibility index (Phi) is 6.55. The maximum absolute atomic E-state index is 13.6. The average molecular weight is 514 g/mol. The molecule has 1 unspecified atom stereocenters. The van der Waals surface area contributed by atoms with Crippen LogP contribution < -0.4 is 24.8 Å². The Hall–Kier alpha value is -3.53. The van der Waals surface area contributed by atoms with Crippen molar-refractivity contribution in [2.75, 3.05) is 31.5 Å². The molecule has 0 bridgehead atoms. The molecule has 3 aromatic rings. The summed E-state index contributed by atoms with van der Waals surface area (Å²) < 4.78 is 19.0. The van der Waals surface area contributed by atoms with E-state index in [9.17, 15) is 4.79 Å². The third-order valence-corrected chi connectivity index (χ3v) is 5.83. The number of anilines is 2. The zero-order valence-electron chi connectivity index (χ0n) is 18.7. The number of nitrogens with one attached hydrogen (secondary N) is 2. The second-order valence-corrected chi connectivity index (χ2v) is 8.07. The highest BCUT2D eigenvalue weighted by atomic mass is 79.9. The first-order valence-electron chi connectivity index (χ1n) is 10.3. The first-order chi connectivity index (χ1) is 16.0. The van der Waals surface area contributed by atoms with Gasteiger partial charge in [0.15, 0.2) is 11.5 Å². The maximum atomic E-state index is 13.6. The Morgan fingerprint density at radius 3 is 2.73 bits per heavy atom. The normalized spacial score (nSPS) is 14.9. The summed E-state index contributed by atoms with van der Waals surface area (Å²) >= 11 is 3.55. The molecule has 1 aromatic heterocycles. The minimum atomic E-state index is -0.556. The highest BCUT2D eigenvalue weighted by molar-refractivity contribution is 9.10. The number of halogens is 1. The number of rotatable bonds is 7. The van der Waals surface area contributed by atoms with E-state index in [4.69, 9.17) is 14.2 Å². The largest absolute Gasteiger partial charge is 0.493 e. The van der Waals surface area contributed by atoms with E-state index in [2.05, 4.69) is 36.6 Å². The zero-order chi connectivity index (χ0) is 23.5. The molecule has 0 saturated heterocycles. The first-order valence-corrected chi connectivity index (χ1v) is 11.1. The number of aromatic nitrogens is 3. The van der Waals surface area contributed by atoms with Gasteiger partial charge in [0.25, 0.3) is 5.91 Å². The quantitative estimate of drug-likeness (QED) is 0.483. The van der Waals surface area contributed by atoms with E-state index >= 15 is 0 Å². The van der Waals surface area contributed by atoms with Crippen LogP contribution in [0.1, 0.15) is 25.5 Å². The number of hydrogen-bond donors (Lipinski definition) is 2. The first kappa shape index (κ1) is 22.7. The number of ether oxygens (including phenoxy) is 3. The lowest BCUT2D eigenvalue weighted by molar-refractivity contribution is -0.113. The van der Waals surface area contributed by atoms with Gasteiger partial charge in [-0.1, -0.05) is 12.1 Å². The van der Waals surface area contributed by atoms with E-state index in [0.29, 0.717) is 51.2 Å². The van der Waals surface area contributed by atoms with Crippen LogP contribution in [0.4, 0.5) is 11.6 Å². The SMILES string of the molecule is CCOc1ccccc1NC(=O)C1=C(C)Nc2ncnn2C1c1cc(Br)c(OC)c(OC)c1. The van der Waals surface area contributed by atoms with Crippen LogP contribution in [0.3, 0.4) is 0 Å². The molecule has 172 valence electrons. The summed E-state index contributed by atoms with van der Waals surface area (Å²) in [7, 11) is 3.14. The van der Waals surface area contributed by atoms with Crippen LogP contribution in [0.25, 0.3) is 0 Å². The molecule has 0 radical (unpaired) electrons. The summed E-state index contributed by atoms with van der Waals surface area (Å²) in [5.41, 5.74) is 2.51. The zero-order valence-corrected chi connectivity index (χ0v) is 20.3. The van der Waals surface area contributed by atoms with Crippen LogP contribution in [0.5, 0.6) is 17.2 Å². The summed E-state index contributed by atoms with van der Waals surface area (Å²) in [6.07, 6.45) is 1.45. The molecule has 1 aliphatic rings. The number of carbonyl (C=O) groups is 1. The number of benzene rings is 2. The summed E-state index contributed by atoms with van der Waals surface area (Å²) in [5, 5.41) is 10.5. The second kappa shape index (κ2) is 9.53. The van der Waals surface area contributed by atoms with E-state index in [1.807, 2.05) is 44.2 Å². The van der Waals surface area contributed by atoms with Crippen molar-refractivity contribution in [1.29, 1.82) is 0 Å². The van der Waals surface area contributed by atoms with Gasteiger partial charge in [-0.05, 0) is 59.6 Å². The van der Waals surface area contributed by atoms with Crippen molar-refractivity contribution < 1.29 is 19.0 Å². The smallest absolute Gasteiger partial charge is 0.255 e. The van der Waals surface area contributed by atoms with Crippen molar-refractivity contribution in [2.45, 2.75) is 19.9 Å². The van der Waals surface area contributed by atoms with Crippen molar-refractivity contribution in [2.24, 2.45) is 0 Å². The Bertz CT molecular complexity index is 1220. The van der Waals surface area contributed by atoms with E-state index < -0.39 is 6.04 Å². The molecule has 0 spiro atoms. The lowest BCUT2D eigenvalue weighted by Crippen LogP contribution is -2.31. The topological polar surface area (TPSA) is 99.5 Å². The monoisotopic (exact) mass is 513 g/mol. The highest BCUT2D eigenvalue weighted by Gasteiger charge is 2.34. The van der Waals surface area contributed by atoms with Crippen molar-refractivity contribution >= 4 is 33.5 Å². The fourth-order valence-electron chi connectivity index (χ4n) is 3.83. The number of amides is 1. The van der Waals surface area contributed by atoms with Crippen LogP contribution in [0.2, 0.25) is 0 Å². The molecule has 1 atom stereocenters. The Morgan fingerprint density at radius 1 is 1.21 bits per heavy atom. The Morgan fingerprint density at radius 2 is 2.00 bits per heavy atom. The maximum Gasteiger partial charge on any atom is 0.255 e. The van der Waals surface area contributed by atoms with Crippen LogP contribution in [0, 0.1) is 0 Å². The van der Waals surface area contributed by atoms with Crippen molar-refractivity contribution in [3.63, 3.8) is 0 Å². The third kappa shape index (κ3) is 4.25. The van der Waals surface area contributed by atoms with Gasteiger partial charge >= 0.3 is 0 Å². The molecule has 4 rings (SSSR count). The van der Waals surface area contributed by atoms with Gasteiger partial charge in [0, 0.05) is 5.70 Å². The van der Waals surface area contributed by atoms with Crippen LogP contribution >= 0.6 is 15.9 Å². The van der Waals surface area contributed by atoms with Gasteiger partial charge in [-0.2, -0.15) is 10.1 Å². The van der Waals surface area contributed by atoms with Crippen molar-refractivity contribution in [3.05, 3.63) is 64.0 Å². The highest BCUT2D eigenvalue weighted by Crippen LogP contribution is 2.42. The minimum absolute atomic E-state index is 0.288. The van der Waals surface area contributed by atoms with Crippen LogP contribution in [0.15, 0.2) is 58.5 Å². The van der Waals surface area contributed by atoms with E-state index in [1.54, 1.807) is 25.0 Å². The summed E-state index contributed by atoms with van der Waals surface area (Å²) in [6, 6.07) is 10.5. The molecule has 0 fully saturated rings. The molecular formula is C23H24BrN5O4. The molecular weight excluding hydrogens is 490 g/mol. The molecule has 10 heteroatoms. The molecule has 9 nitrogen and oxygen atoms in total. The number of hydrogen-bond acceptors (Lipinski definition) is 7. The predicted molar refractivity (Wildman–Crippen MR) is 128 cm³/mol. The molecule has 1 amide bonds. The van der Waals surface area contributed by atoms with Gasteiger partial charge in [0.2, 0.25) is 5.95 Å². The fraction of sp³-hybridized carbons (Fsp3) is 0.261. The van der Waals surface area contributed by atoms with Gasteiger partial charge in [-0.3, -0.25) is 4.79 Å². The van der Waals surface area contributed by atoms with Gasteiger partial charge in [-0.25, -0.2) is 4.68 Å². The van der Waals surface area contributed by atoms with Crippen LogP contribution in [-0.4, -0.2) is 41.5 Å². The number of allylic oxidation sites excluding steroid dienone is 1. The lowest BCUT2D eigenvalue weighted by atomic mass is 9.94. The molecule has 33 heavy (non-hydrogen) atoms. The standard InChI is InChI=1S/C23H24BrN5O4/c1-5-33-17-9-7-6-8-16(17)28-22(30)19-13(2)27-23-25-12-26-29(23)20(19)14-10-15(24)21(32-4)18(11-14)31-3/h6-12,20H,5H2,1-4H3,(H,28,30)(H,25,26,27). The van der Waals surface area contributed by atoms with Gasteiger partial charge in [0.1, 0.15) is 18.1 Å². The number of para-hydroxylation sites is 2. The van der Waals surface area contributed by atoms with Crippen molar-refractivity contribution in [3.8, 4) is 17.2 Å². The third-order valence-electron chi connectivity index (χ3n) is 5.25. The predicted octanol–water partition coefficient (Wildman–Crippen LogP) is 4.38. The van der Waals surface area contributed by atoms with Gasteiger partial charge in [0.05, 0.1) is 36.6 Å². The summed E-state index contributed by atoms with van der Waals surface area (Å²) in [4.78, 5) is 17.9. The number of fused-ring (bicyclic) bond motifs is 1. The average Bonchev–Trinajstić information content (AvgIpc) is 3.26. The second-order valence-electron chi connectivity index (χ2n) is 7.22. The molecule has 2 N–H and O–H groups in total. The summed E-state index contributed by atoms with van der Waals surface area (Å²) in [6.45, 7) is 4.22. The molecule has 1 aliphatic heterocycles. The number of carbonyl (C=O) groups excluding carboxylic acids is 1. The Labute approximate surface area is 199 Å². The lowest BCUT2D eigenvalue weighted by Gasteiger charge is -2.29. The minimum Gasteiger partial charge on any atom is -0.493 e. The van der Waals surface area contributed by atoms with E-state index in [0.717, 1.165) is 5.56 Å².